The molecule has 3 rings (SSSR count). The molecule has 2 aromatic carbocycles. The van der Waals surface area contributed by atoms with Gasteiger partial charge in [0.2, 0.25) is 10.6 Å². The topological polar surface area (TPSA) is 81.1 Å². The van der Waals surface area contributed by atoms with Crippen LogP contribution in [-0.2, 0) is 0 Å². The highest BCUT2D eigenvalue weighted by molar-refractivity contribution is 7.07. The van der Waals surface area contributed by atoms with Gasteiger partial charge in [-0.1, -0.05) is 12.1 Å². The predicted octanol–water partition coefficient (Wildman–Crippen LogP) is 3.92. The van der Waals surface area contributed by atoms with Crippen molar-refractivity contribution >= 4 is 17.6 Å². The molecule has 3 aromatic rings. The van der Waals surface area contributed by atoms with Gasteiger partial charge in [0, 0.05) is 17.5 Å². The highest BCUT2D eigenvalue weighted by atomic mass is 32.1. The van der Waals surface area contributed by atoms with E-state index in [1.807, 2.05) is 36.6 Å². The van der Waals surface area contributed by atoms with Crippen molar-refractivity contribution in [1.82, 2.24) is 4.68 Å². The van der Waals surface area contributed by atoms with E-state index in [1.165, 1.54) is 11.3 Å². The third-order valence-electron chi connectivity index (χ3n) is 4.30. The lowest BCUT2D eigenvalue weighted by atomic mass is 10.1. The van der Waals surface area contributed by atoms with Gasteiger partial charge in [-0.05, 0) is 36.8 Å². The molecule has 0 aliphatic heterocycles. The van der Waals surface area contributed by atoms with E-state index in [4.69, 9.17) is 19.5 Å². The summed E-state index contributed by atoms with van der Waals surface area (Å²) >= 11 is 1.50. The lowest BCUT2D eigenvalue weighted by Gasteiger charge is -2.14. The van der Waals surface area contributed by atoms with Crippen molar-refractivity contribution in [3.63, 3.8) is 0 Å². The van der Waals surface area contributed by atoms with Crippen LogP contribution in [0.2, 0.25) is 0 Å². The van der Waals surface area contributed by atoms with Crippen molar-refractivity contribution in [1.29, 1.82) is 5.26 Å². The van der Waals surface area contributed by atoms with E-state index >= 15 is 0 Å². The molecule has 1 heterocycles. The van der Waals surface area contributed by atoms with Crippen LogP contribution in [0, 0.1) is 11.3 Å². The van der Waals surface area contributed by atoms with Gasteiger partial charge in [-0.25, -0.2) is 4.68 Å². The SMILES string of the molecule is CCN=c1scc(-c2cc(OC)c(OC)c(OC)c2)n1N=Cc1ccc(C#N)cc1. The molecule has 0 aliphatic rings. The zero-order valence-corrected chi connectivity index (χ0v) is 18.1. The fourth-order valence-electron chi connectivity index (χ4n) is 2.85. The molecule has 8 heteroatoms. The van der Waals surface area contributed by atoms with Gasteiger partial charge >= 0.3 is 0 Å². The van der Waals surface area contributed by atoms with Crippen LogP contribution in [0.3, 0.4) is 0 Å². The van der Waals surface area contributed by atoms with Crippen LogP contribution in [0.1, 0.15) is 18.1 Å². The molecule has 0 N–H and O–H groups in total. The van der Waals surface area contributed by atoms with Gasteiger partial charge in [0.05, 0.1) is 44.9 Å². The van der Waals surface area contributed by atoms with Gasteiger partial charge in [0.25, 0.3) is 0 Å². The Bertz CT molecular complexity index is 1130. The third kappa shape index (κ3) is 4.36. The van der Waals surface area contributed by atoms with Crippen LogP contribution in [0.5, 0.6) is 17.2 Å². The molecule has 0 fully saturated rings. The molecule has 0 bridgehead atoms. The number of methoxy groups -OCH3 is 3. The fourth-order valence-corrected chi connectivity index (χ4v) is 3.75. The summed E-state index contributed by atoms with van der Waals surface area (Å²) in [7, 11) is 4.75. The quantitative estimate of drug-likeness (QED) is 0.541. The summed E-state index contributed by atoms with van der Waals surface area (Å²) < 4.78 is 18.2. The minimum Gasteiger partial charge on any atom is -0.493 e. The van der Waals surface area contributed by atoms with Crippen molar-refractivity contribution in [2.24, 2.45) is 10.1 Å². The van der Waals surface area contributed by atoms with E-state index in [1.54, 1.807) is 44.4 Å². The Morgan fingerprint density at radius 1 is 1.07 bits per heavy atom. The summed E-state index contributed by atoms with van der Waals surface area (Å²) in [5, 5.41) is 15.6. The average Bonchev–Trinajstić information content (AvgIpc) is 3.19. The number of ether oxygens (including phenoxy) is 3. The Morgan fingerprint density at radius 2 is 1.73 bits per heavy atom. The highest BCUT2D eigenvalue weighted by Crippen LogP contribution is 2.41. The van der Waals surface area contributed by atoms with Crippen LogP contribution in [0.4, 0.5) is 0 Å². The zero-order chi connectivity index (χ0) is 21.5. The summed E-state index contributed by atoms with van der Waals surface area (Å²) in [6.07, 6.45) is 1.74. The van der Waals surface area contributed by atoms with Crippen LogP contribution in [0.15, 0.2) is 51.9 Å². The fraction of sp³-hybridized carbons (Fsp3) is 0.227. The Morgan fingerprint density at radius 3 is 2.27 bits per heavy atom. The molecule has 0 unspecified atom stereocenters. The zero-order valence-electron chi connectivity index (χ0n) is 17.2. The highest BCUT2D eigenvalue weighted by Gasteiger charge is 2.16. The molecule has 0 aliphatic carbocycles. The first kappa shape index (κ1) is 21.1. The Kier molecular flexibility index (Phi) is 6.88. The number of benzene rings is 2. The smallest absolute Gasteiger partial charge is 0.206 e. The molecule has 0 spiro atoms. The third-order valence-corrected chi connectivity index (χ3v) is 5.16. The molecule has 30 heavy (non-hydrogen) atoms. The van der Waals surface area contributed by atoms with Crippen molar-refractivity contribution in [2.45, 2.75) is 6.92 Å². The van der Waals surface area contributed by atoms with Gasteiger partial charge in [0.1, 0.15) is 0 Å². The molecule has 0 saturated heterocycles. The molecular weight excluding hydrogens is 400 g/mol. The van der Waals surface area contributed by atoms with Crippen LogP contribution in [0.25, 0.3) is 11.3 Å². The summed E-state index contributed by atoms with van der Waals surface area (Å²) in [5.41, 5.74) is 3.19. The first-order chi connectivity index (χ1) is 14.6. The predicted molar refractivity (Wildman–Crippen MR) is 118 cm³/mol. The molecule has 0 atom stereocenters. The summed E-state index contributed by atoms with van der Waals surface area (Å²) in [6.45, 7) is 2.62. The molecular formula is C22H22N4O3S. The van der Waals surface area contributed by atoms with Crippen molar-refractivity contribution < 1.29 is 14.2 Å². The molecule has 0 saturated carbocycles. The van der Waals surface area contributed by atoms with Gasteiger partial charge in [0.15, 0.2) is 11.5 Å². The first-order valence-corrected chi connectivity index (χ1v) is 10.1. The Labute approximate surface area is 179 Å². The van der Waals surface area contributed by atoms with E-state index in [9.17, 15) is 0 Å². The van der Waals surface area contributed by atoms with Gasteiger partial charge in [-0.2, -0.15) is 10.4 Å². The number of nitrogens with zero attached hydrogens (tertiary/aromatic N) is 4. The van der Waals surface area contributed by atoms with Gasteiger partial charge in [-0.3, -0.25) is 4.99 Å². The lowest BCUT2D eigenvalue weighted by Crippen LogP contribution is -2.12. The molecule has 7 nitrogen and oxygen atoms in total. The minimum absolute atomic E-state index is 0.532. The van der Waals surface area contributed by atoms with Gasteiger partial charge < -0.3 is 14.2 Å². The number of nitriles is 1. The molecule has 154 valence electrons. The maximum absolute atomic E-state index is 8.96. The standard InChI is InChI=1S/C22H22N4O3S/c1-5-24-22-26(25-13-16-8-6-15(12-23)7-9-16)18(14-30-22)17-10-19(27-2)21(29-4)20(11-17)28-3/h6-11,13-14H,5H2,1-4H3. The van der Waals surface area contributed by atoms with E-state index in [0.29, 0.717) is 29.4 Å². The number of aromatic nitrogens is 1. The summed E-state index contributed by atoms with van der Waals surface area (Å²) in [6, 6.07) is 13.1. The first-order valence-electron chi connectivity index (χ1n) is 9.21. The van der Waals surface area contributed by atoms with Gasteiger partial charge in [-0.15, -0.1) is 11.3 Å². The van der Waals surface area contributed by atoms with Crippen LogP contribution >= 0.6 is 11.3 Å². The number of hydrogen-bond acceptors (Lipinski definition) is 7. The summed E-state index contributed by atoms with van der Waals surface area (Å²) in [4.78, 5) is 5.32. The number of thiazole rings is 1. The second-order valence-corrected chi connectivity index (χ2v) is 6.92. The number of rotatable bonds is 7. The van der Waals surface area contributed by atoms with E-state index in [2.05, 4.69) is 16.2 Å². The second kappa shape index (κ2) is 9.76. The monoisotopic (exact) mass is 422 g/mol. The minimum atomic E-state index is 0.532. The van der Waals surface area contributed by atoms with Crippen LogP contribution in [-0.4, -0.2) is 38.8 Å². The molecule has 0 amide bonds. The lowest BCUT2D eigenvalue weighted by molar-refractivity contribution is 0.324. The second-order valence-electron chi connectivity index (χ2n) is 6.08. The normalized spacial score (nSPS) is 11.5. The van der Waals surface area contributed by atoms with E-state index in [-0.39, 0.29) is 0 Å². The van der Waals surface area contributed by atoms with Crippen molar-refractivity contribution in [3.8, 4) is 34.6 Å². The van der Waals surface area contributed by atoms with Crippen LogP contribution < -0.4 is 19.0 Å². The molecule has 0 radical (unpaired) electrons. The maximum Gasteiger partial charge on any atom is 0.206 e. The largest absolute Gasteiger partial charge is 0.493 e. The van der Waals surface area contributed by atoms with E-state index in [0.717, 1.165) is 21.6 Å². The Balaban J connectivity index is 2.12. The summed E-state index contributed by atoms with van der Waals surface area (Å²) in [5.74, 6) is 1.66. The van der Waals surface area contributed by atoms with E-state index < -0.39 is 0 Å². The van der Waals surface area contributed by atoms with Crippen molar-refractivity contribution in [2.75, 3.05) is 27.9 Å². The maximum atomic E-state index is 8.96. The van der Waals surface area contributed by atoms with Crippen molar-refractivity contribution in [3.05, 3.63) is 57.7 Å². The average molecular weight is 423 g/mol. The number of hydrogen-bond donors (Lipinski definition) is 0. The molecule has 1 aromatic heterocycles. The Hall–Kier alpha value is -3.57.